The van der Waals surface area contributed by atoms with Crippen molar-refractivity contribution in [2.24, 2.45) is 0 Å². The predicted molar refractivity (Wildman–Crippen MR) is 226 cm³/mol. The molecule has 5 nitrogen and oxygen atoms in total. The molecule has 0 saturated carbocycles. The first-order valence-corrected chi connectivity index (χ1v) is 19.3. The van der Waals surface area contributed by atoms with Crippen LogP contribution in [0.2, 0.25) is 0 Å². The largest absolute Gasteiger partial charge is 0.456 e. The molecule has 11 aromatic rings. The number of benzene rings is 7. The molecule has 0 N–H and O–H groups in total. The van der Waals surface area contributed by atoms with Gasteiger partial charge in [0.05, 0.1) is 0 Å². The zero-order chi connectivity index (χ0) is 36.0. The number of furan rings is 2. The van der Waals surface area contributed by atoms with Crippen molar-refractivity contribution in [3.8, 4) is 33.9 Å². The minimum absolute atomic E-state index is 0.00146. The van der Waals surface area contributed by atoms with E-state index in [4.69, 9.17) is 23.8 Å². The molecule has 4 aromatic heterocycles. The third-order valence-electron chi connectivity index (χ3n) is 11.1. The molecule has 0 fully saturated rings. The minimum Gasteiger partial charge on any atom is -0.456 e. The molecule has 1 aliphatic rings. The SMILES string of the molecule is C1=CC(c2nc(-c3cccc4c3sc3ccccc34)nc(-c3cccc4oc5cc(-c6cccc7oc8ccccc8c67)ccc5c34)n2)Cc2ccccc21. The maximum Gasteiger partial charge on any atom is 0.165 e. The van der Waals surface area contributed by atoms with Gasteiger partial charge in [-0.1, -0.05) is 115 Å². The van der Waals surface area contributed by atoms with Gasteiger partial charge in [0.1, 0.15) is 28.2 Å². The van der Waals surface area contributed by atoms with Crippen molar-refractivity contribution in [2.75, 3.05) is 0 Å². The standard InChI is InChI=1S/C49H29N3O2S/c1-2-11-29-26-31(23-22-28(29)10-1)47-50-48(52-49(51-47)38-17-7-15-34-33-12-4-6-21-43(33)55-46(34)38)37-16-9-20-41-45(37)36-25-24-30(27-42(36)54-41)32-14-8-19-40-44(32)35-13-3-5-18-39(35)53-40/h1-25,27,31H,26H2. The van der Waals surface area contributed by atoms with Crippen LogP contribution in [0.15, 0.2) is 161 Å². The number of hydrogen-bond donors (Lipinski definition) is 0. The molecule has 55 heavy (non-hydrogen) atoms. The van der Waals surface area contributed by atoms with E-state index in [1.165, 1.54) is 31.3 Å². The highest BCUT2D eigenvalue weighted by Gasteiger charge is 2.24. The van der Waals surface area contributed by atoms with Gasteiger partial charge in [0, 0.05) is 58.8 Å². The van der Waals surface area contributed by atoms with E-state index < -0.39 is 0 Å². The van der Waals surface area contributed by atoms with Crippen molar-refractivity contribution in [1.29, 1.82) is 0 Å². The summed E-state index contributed by atoms with van der Waals surface area (Å²) in [6.45, 7) is 0. The molecule has 0 bridgehead atoms. The van der Waals surface area contributed by atoms with Gasteiger partial charge in [-0.3, -0.25) is 0 Å². The smallest absolute Gasteiger partial charge is 0.165 e. The Kier molecular flexibility index (Phi) is 6.56. The fourth-order valence-corrected chi connectivity index (χ4v) is 9.71. The first-order valence-electron chi connectivity index (χ1n) is 18.5. The number of thiophene rings is 1. The van der Waals surface area contributed by atoms with Crippen molar-refractivity contribution in [3.63, 3.8) is 0 Å². The summed E-state index contributed by atoms with van der Waals surface area (Å²) in [5.41, 5.74) is 9.99. The first kappa shape index (κ1) is 30.6. The Labute approximate surface area is 318 Å². The van der Waals surface area contributed by atoms with Gasteiger partial charge in [0.2, 0.25) is 0 Å². The molecule has 12 rings (SSSR count). The highest BCUT2D eigenvalue weighted by Crippen LogP contribution is 2.43. The van der Waals surface area contributed by atoms with E-state index in [0.717, 1.165) is 78.4 Å². The highest BCUT2D eigenvalue weighted by atomic mass is 32.1. The van der Waals surface area contributed by atoms with Crippen molar-refractivity contribution in [3.05, 3.63) is 169 Å². The normalized spacial score (nSPS) is 14.2. The molecule has 6 heteroatoms. The molecule has 1 aliphatic carbocycles. The lowest BCUT2D eigenvalue weighted by Crippen LogP contribution is -2.12. The molecule has 1 atom stereocenters. The van der Waals surface area contributed by atoms with Gasteiger partial charge >= 0.3 is 0 Å². The Morgan fingerprint density at radius 2 is 1.16 bits per heavy atom. The second kappa shape index (κ2) is 11.8. The lowest BCUT2D eigenvalue weighted by Gasteiger charge is -2.19. The van der Waals surface area contributed by atoms with Crippen molar-refractivity contribution >= 4 is 81.5 Å². The third-order valence-corrected chi connectivity index (χ3v) is 12.3. The molecular weight excluding hydrogens is 695 g/mol. The zero-order valence-electron chi connectivity index (χ0n) is 29.4. The monoisotopic (exact) mass is 723 g/mol. The van der Waals surface area contributed by atoms with Crippen LogP contribution in [0.4, 0.5) is 0 Å². The van der Waals surface area contributed by atoms with Crippen LogP contribution < -0.4 is 0 Å². The van der Waals surface area contributed by atoms with Gasteiger partial charge in [-0.25, -0.2) is 15.0 Å². The second-order valence-corrected chi connectivity index (χ2v) is 15.3. The quantitative estimate of drug-likeness (QED) is 0.181. The van der Waals surface area contributed by atoms with Gasteiger partial charge in [-0.2, -0.15) is 0 Å². The summed E-state index contributed by atoms with van der Waals surface area (Å²) in [6, 6.07) is 50.7. The van der Waals surface area contributed by atoms with Gasteiger partial charge in [-0.05, 0) is 71.1 Å². The van der Waals surface area contributed by atoms with Crippen LogP contribution in [0.5, 0.6) is 0 Å². The number of rotatable bonds is 4. The van der Waals surface area contributed by atoms with Gasteiger partial charge in [-0.15, -0.1) is 11.3 Å². The molecule has 0 saturated heterocycles. The number of allylic oxidation sites excluding steroid dienone is 1. The predicted octanol–water partition coefficient (Wildman–Crippen LogP) is 13.4. The van der Waals surface area contributed by atoms with Crippen molar-refractivity contribution < 1.29 is 8.83 Å². The maximum atomic E-state index is 6.65. The summed E-state index contributed by atoms with van der Waals surface area (Å²) in [4.78, 5) is 15.9. The molecule has 258 valence electrons. The van der Waals surface area contributed by atoms with Gasteiger partial charge < -0.3 is 8.83 Å². The van der Waals surface area contributed by atoms with Crippen LogP contribution in [0, 0.1) is 0 Å². The molecule has 0 radical (unpaired) electrons. The Morgan fingerprint density at radius 1 is 0.509 bits per heavy atom. The topological polar surface area (TPSA) is 65.0 Å². The fourth-order valence-electron chi connectivity index (χ4n) is 8.50. The van der Waals surface area contributed by atoms with Crippen LogP contribution in [0.1, 0.15) is 22.9 Å². The average Bonchev–Trinajstić information content (AvgIpc) is 3.94. The molecular formula is C49H29N3O2S. The number of hydrogen-bond acceptors (Lipinski definition) is 6. The third kappa shape index (κ3) is 4.75. The molecule has 7 aromatic carbocycles. The number of aromatic nitrogens is 3. The van der Waals surface area contributed by atoms with E-state index in [2.05, 4.69) is 127 Å². The maximum absolute atomic E-state index is 6.65. The first-order chi connectivity index (χ1) is 27.2. The van der Waals surface area contributed by atoms with Crippen LogP contribution >= 0.6 is 11.3 Å². The summed E-state index contributed by atoms with van der Waals surface area (Å²) in [7, 11) is 0. The Balaban J connectivity index is 1.06. The zero-order valence-corrected chi connectivity index (χ0v) is 30.2. The molecule has 0 spiro atoms. The minimum atomic E-state index is 0.00146. The highest BCUT2D eigenvalue weighted by molar-refractivity contribution is 7.26. The van der Waals surface area contributed by atoms with Gasteiger partial charge in [0.25, 0.3) is 0 Å². The number of para-hydroxylation sites is 1. The Hall–Kier alpha value is -6.89. The van der Waals surface area contributed by atoms with E-state index in [-0.39, 0.29) is 5.92 Å². The van der Waals surface area contributed by atoms with Gasteiger partial charge in [0.15, 0.2) is 11.6 Å². The summed E-state index contributed by atoms with van der Waals surface area (Å²) in [6.07, 6.45) is 5.27. The number of nitrogens with zero attached hydrogens (tertiary/aromatic N) is 3. The van der Waals surface area contributed by atoms with E-state index >= 15 is 0 Å². The van der Waals surface area contributed by atoms with E-state index in [0.29, 0.717) is 11.6 Å². The number of fused-ring (bicyclic) bond motifs is 10. The Morgan fingerprint density at radius 3 is 2.07 bits per heavy atom. The van der Waals surface area contributed by atoms with Crippen molar-refractivity contribution in [1.82, 2.24) is 15.0 Å². The second-order valence-electron chi connectivity index (χ2n) is 14.3. The van der Waals surface area contributed by atoms with Crippen molar-refractivity contribution in [2.45, 2.75) is 12.3 Å². The molecule has 0 amide bonds. The molecule has 4 heterocycles. The summed E-state index contributed by atoms with van der Waals surface area (Å²) >= 11 is 1.79. The van der Waals surface area contributed by atoms with E-state index in [9.17, 15) is 0 Å². The summed E-state index contributed by atoms with van der Waals surface area (Å²) in [5.74, 6) is 2.08. The average molecular weight is 724 g/mol. The summed E-state index contributed by atoms with van der Waals surface area (Å²) < 4.78 is 15.3. The van der Waals surface area contributed by atoms with E-state index in [1.807, 2.05) is 30.3 Å². The Bertz CT molecular complexity index is 3390. The van der Waals surface area contributed by atoms with Crippen LogP contribution in [0.3, 0.4) is 0 Å². The summed E-state index contributed by atoms with van der Waals surface area (Å²) in [5, 5.41) is 6.67. The van der Waals surface area contributed by atoms with Crippen LogP contribution in [-0.4, -0.2) is 15.0 Å². The molecule has 1 unspecified atom stereocenters. The fraction of sp³-hybridized carbons (Fsp3) is 0.0408. The van der Waals surface area contributed by atoms with E-state index in [1.54, 1.807) is 11.3 Å². The lowest BCUT2D eigenvalue weighted by molar-refractivity contribution is 0.668. The van der Waals surface area contributed by atoms with Crippen LogP contribution in [0.25, 0.3) is 104 Å². The lowest BCUT2D eigenvalue weighted by atomic mass is 9.89. The molecule has 0 aliphatic heterocycles. The van der Waals surface area contributed by atoms with Crippen LogP contribution in [-0.2, 0) is 6.42 Å².